The molecule has 2 aromatic carbocycles. The molecule has 10 rings (SSSR count). The predicted molar refractivity (Wildman–Crippen MR) is 513 cm³/mol. The lowest BCUT2D eigenvalue weighted by Crippen LogP contribution is -2.06. The standard InChI is InChI=1S/C102H120F6N4O2S8/c1-9-15-21-27-33-37-39-43-49-55-61-113-96-88(83-68-78(104)100(118-83)99-77(103)63-71(7)115-99)94-95(112-122-111-94)89(97(96)114-62-56-50-44-40-38-34-28-22-16-10-2)84-69-79(105)101(119-84)102-80(106)70-85(120-102)98-76(65-74(59-52-46-32-26-20-14-6)60-54-48-42-36-30-24-18-12-4)67-82(117-98)87-91(108)90(107)86(92-93(87)110-121-109-92)81-66-75(72(8)116-81)64-73(57-51-45-31-25-19-13-5)58-53-47-41-35-29-23-17-11-3/h2,63,66-70,73-74H,9,11-15,17-21,23-27,29-33,35-37,39,41-43,45-49,51-55,57-61,64-65H2,1,3-8H3. The maximum absolute atomic E-state index is 18.1. The van der Waals surface area contributed by atoms with Gasteiger partial charge in [0.15, 0.2) is 23.1 Å². The molecule has 6 nitrogen and oxygen atoms in total. The minimum atomic E-state index is -1.00. The molecular weight excluding hydrogens is 1680 g/mol. The Hall–Kier alpha value is -7.18. The molecule has 0 fully saturated rings. The zero-order valence-electron chi connectivity index (χ0n) is 72.7. The second kappa shape index (κ2) is 53.3. The number of terminal acetylenes is 1. The number of benzene rings is 2. The summed E-state index contributed by atoms with van der Waals surface area (Å²) >= 11 is 8.89. The molecule has 0 spiro atoms. The van der Waals surface area contributed by atoms with Crippen LogP contribution in [0.15, 0.2) is 36.4 Å². The lowest BCUT2D eigenvalue weighted by Gasteiger charge is -2.17. The summed E-state index contributed by atoms with van der Waals surface area (Å²) in [6, 6.07) is 9.57. The smallest absolute Gasteiger partial charge is 0.193 e. The molecule has 122 heavy (non-hydrogen) atoms. The number of hydrogen-bond donors (Lipinski definition) is 0. The van der Waals surface area contributed by atoms with Gasteiger partial charge in [0.2, 0.25) is 0 Å². The minimum Gasteiger partial charge on any atom is -0.489 e. The lowest BCUT2D eigenvalue weighted by atomic mass is 9.88. The number of rotatable bonds is 56. The van der Waals surface area contributed by atoms with Crippen LogP contribution in [-0.2, 0) is 12.8 Å². The number of hydrogen-bond acceptors (Lipinski definition) is 14. The molecule has 0 amide bonds. The molecule has 0 aliphatic rings. The molecular formula is C102H120F6N4O2S8. The number of aryl methyl sites for hydroxylation is 2. The second-order valence-corrected chi connectivity index (χ2v) is 40.3. The van der Waals surface area contributed by atoms with Crippen LogP contribution in [0.2, 0.25) is 0 Å². The van der Waals surface area contributed by atoms with Crippen LogP contribution in [0.3, 0.4) is 0 Å². The van der Waals surface area contributed by atoms with E-state index in [0.29, 0.717) is 59.1 Å². The Kier molecular flexibility index (Phi) is 42.4. The number of fused-ring (bicyclic) bond motifs is 2. The van der Waals surface area contributed by atoms with Gasteiger partial charge in [0, 0.05) is 68.6 Å². The molecule has 0 aliphatic heterocycles. The van der Waals surface area contributed by atoms with Crippen molar-refractivity contribution in [3.05, 3.63) is 92.2 Å². The third kappa shape index (κ3) is 28.4. The highest BCUT2D eigenvalue weighted by molar-refractivity contribution is 7.28. The number of unbranched alkanes of at least 4 members (excludes halogenated alkanes) is 33. The highest BCUT2D eigenvalue weighted by Crippen LogP contribution is 2.57. The SMILES string of the molecule is C#CC#CC#CC#CC#CC#COc1c(OCCCCCCCCCCCC)c(-c2cc(F)c(-c3sc(C)cc3F)s2)c2nsnc2c1-c1cc(F)c(-c2sc(-c3sc(-c4c(F)c(F)c(-c5cc(CC(CCCCCCCC)CCCCCCCCCC)c(C)s5)c5nsnc45)cc3CC(CCCCCCCC)CCCCCCCCCC)cc2F)s1. The highest BCUT2D eigenvalue weighted by atomic mass is 32.1. The first-order valence-electron chi connectivity index (χ1n) is 45.3. The van der Waals surface area contributed by atoms with Gasteiger partial charge in [-0.15, -0.1) is 74.4 Å². The van der Waals surface area contributed by atoms with Crippen molar-refractivity contribution in [2.45, 2.75) is 331 Å². The van der Waals surface area contributed by atoms with Crippen molar-refractivity contribution in [3.63, 3.8) is 0 Å². The molecule has 0 aliphatic carbocycles. The fourth-order valence-corrected chi connectivity index (χ4v) is 24.3. The van der Waals surface area contributed by atoms with E-state index in [0.717, 1.165) is 176 Å². The molecule has 2 atom stereocenters. The fourth-order valence-electron chi connectivity index (χ4n) is 16.4. The Morgan fingerprint density at radius 1 is 0.328 bits per heavy atom. The fraction of sp³-hybridized carbons (Fsp3) is 0.529. The van der Waals surface area contributed by atoms with Gasteiger partial charge in [-0.05, 0) is 122 Å². The van der Waals surface area contributed by atoms with Gasteiger partial charge in [0.1, 0.15) is 51.4 Å². The molecule has 8 aromatic heterocycles. The van der Waals surface area contributed by atoms with Crippen molar-refractivity contribution in [2.75, 3.05) is 6.61 Å². The molecule has 0 saturated carbocycles. The van der Waals surface area contributed by atoms with Gasteiger partial charge in [-0.25, -0.2) is 26.3 Å². The van der Waals surface area contributed by atoms with Crippen LogP contribution in [0.4, 0.5) is 26.3 Å². The Balaban J connectivity index is 1.06. The Morgan fingerprint density at radius 2 is 0.648 bits per heavy atom. The van der Waals surface area contributed by atoms with Gasteiger partial charge < -0.3 is 9.47 Å². The zero-order chi connectivity index (χ0) is 86.2. The van der Waals surface area contributed by atoms with E-state index in [4.69, 9.17) is 33.4 Å². The van der Waals surface area contributed by atoms with Gasteiger partial charge in [-0.1, -0.05) is 298 Å². The average molecular weight is 1800 g/mol. The number of ether oxygens (including phenoxy) is 2. The van der Waals surface area contributed by atoms with E-state index < -0.39 is 34.9 Å². The first-order valence-corrected chi connectivity index (χ1v) is 51.7. The number of aromatic nitrogens is 4. The number of halogens is 6. The quantitative estimate of drug-likeness (QED) is 0.0215. The van der Waals surface area contributed by atoms with Crippen molar-refractivity contribution in [1.29, 1.82) is 0 Å². The number of thiophene rings is 6. The van der Waals surface area contributed by atoms with Crippen molar-refractivity contribution < 1.29 is 35.8 Å². The molecule has 650 valence electrons. The molecule has 8 heterocycles. The molecule has 20 heteroatoms. The predicted octanol–water partition coefficient (Wildman–Crippen LogP) is 34.4. The summed E-state index contributed by atoms with van der Waals surface area (Å²) in [5, 5.41) is 0. The summed E-state index contributed by atoms with van der Waals surface area (Å²) in [7, 11) is 0. The molecule has 0 saturated heterocycles. The van der Waals surface area contributed by atoms with Crippen molar-refractivity contribution in [3.8, 4) is 154 Å². The maximum Gasteiger partial charge on any atom is 0.193 e. The van der Waals surface area contributed by atoms with Crippen molar-refractivity contribution in [1.82, 2.24) is 17.5 Å². The van der Waals surface area contributed by atoms with Crippen LogP contribution < -0.4 is 9.47 Å². The molecule has 10 aromatic rings. The highest BCUT2D eigenvalue weighted by Gasteiger charge is 2.34. The lowest BCUT2D eigenvalue weighted by molar-refractivity contribution is 0.295. The first-order chi connectivity index (χ1) is 59.7. The van der Waals surface area contributed by atoms with Gasteiger partial charge in [-0.2, -0.15) is 17.5 Å². The monoisotopic (exact) mass is 1800 g/mol. The van der Waals surface area contributed by atoms with E-state index in [2.05, 4.69) is 113 Å². The molecule has 2 unspecified atom stereocenters. The van der Waals surface area contributed by atoms with E-state index in [1.165, 1.54) is 226 Å². The topological polar surface area (TPSA) is 70.0 Å². The van der Waals surface area contributed by atoms with Gasteiger partial charge in [0.25, 0.3) is 0 Å². The molecule has 0 radical (unpaired) electrons. The Morgan fingerprint density at radius 3 is 1.07 bits per heavy atom. The Bertz CT molecular complexity index is 5330. The van der Waals surface area contributed by atoms with Crippen LogP contribution in [0.5, 0.6) is 11.5 Å². The van der Waals surface area contributed by atoms with E-state index in [-0.39, 0.29) is 81.7 Å². The van der Waals surface area contributed by atoms with Gasteiger partial charge in [-0.3, -0.25) is 0 Å². The molecule has 0 N–H and O–H groups in total. The molecule has 0 bridgehead atoms. The maximum atomic E-state index is 18.1. The summed E-state index contributed by atoms with van der Waals surface area (Å²) in [6.07, 6.45) is 58.4. The summed E-state index contributed by atoms with van der Waals surface area (Å²) in [5.74, 6) is 21.7. The van der Waals surface area contributed by atoms with Gasteiger partial charge in [0.05, 0.1) is 71.8 Å². The average Bonchev–Trinajstić information content (AvgIpc) is 1.56. The number of nitrogens with zero attached hydrogens (tertiary/aromatic N) is 4. The third-order valence-corrected chi connectivity index (χ3v) is 31.2. The van der Waals surface area contributed by atoms with Crippen molar-refractivity contribution >= 4 is 114 Å². The summed E-state index contributed by atoms with van der Waals surface area (Å²) in [6.45, 7) is 15.3. The van der Waals surface area contributed by atoms with E-state index in [9.17, 15) is 0 Å². The normalized spacial score (nSPS) is 11.7. The summed E-state index contributed by atoms with van der Waals surface area (Å²) < 4.78 is 137. The second-order valence-electron chi connectivity index (χ2n) is 32.5. The van der Waals surface area contributed by atoms with Crippen LogP contribution in [0.25, 0.3) is 93.1 Å². The minimum absolute atomic E-state index is 0.000644. The van der Waals surface area contributed by atoms with E-state index in [1.54, 1.807) is 6.92 Å². The zero-order valence-corrected chi connectivity index (χ0v) is 79.2. The summed E-state index contributed by atoms with van der Waals surface area (Å²) in [5.41, 5.74) is 3.90. The van der Waals surface area contributed by atoms with Crippen LogP contribution in [-0.4, -0.2) is 24.1 Å². The van der Waals surface area contributed by atoms with Crippen molar-refractivity contribution in [2.24, 2.45) is 11.8 Å². The van der Waals surface area contributed by atoms with Crippen LogP contribution >= 0.6 is 91.5 Å². The van der Waals surface area contributed by atoms with Crippen LogP contribution in [0.1, 0.15) is 325 Å². The van der Waals surface area contributed by atoms with Crippen LogP contribution in [0, 0.1) is 132 Å². The van der Waals surface area contributed by atoms with Gasteiger partial charge >= 0.3 is 0 Å². The largest absolute Gasteiger partial charge is 0.489 e. The van der Waals surface area contributed by atoms with E-state index >= 15 is 26.3 Å². The first kappa shape index (κ1) is 97.0. The summed E-state index contributed by atoms with van der Waals surface area (Å²) in [4.78, 5) is 4.96. The third-order valence-electron chi connectivity index (χ3n) is 22.9. The van der Waals surface area contributed by atoms with E-state index in [1.807, 2.05) is 6.07 Å². The Labute approximate surface area is 756 Å².